The standard InChI is InChI=1S/C22H43N3O13/c1-4-22(7-28)21(3,33)20(2,32)16(25)19(38-22)37-15-9(6-27)35-18(11(24)13(15)30)36-14-8(5-26)34-17(31)10(23)12(14)29/h8-19,26-33H,4-7,23-25H2,1-3H3/t8-,9-,10-,11-,12-,13-,14?,15?,16+,17-,18+,19+,20-,21-,22-/m1/s1. The average molecular weight is 558 g/mol. The van der Waals surface area contributed by atoms with Gasteiger partial charge in [-0.25, -0.2) is 0 Å². The molecule has 0 aromatic rings. The zero-order valence-corrected chi connectivity index (χ0v) is 21.6. The van der Waals surface area contributed by atoms with Crippen LogP contribution in [0, 0.1) is 0 Å². The predicted molar refractivity (Wildman–Crippen MR) is 126 cm³/mol. The molecule has 0 aromatic heterocycles. The van der Waals surface area contributed by atoms with Crippen molar-refractivity contribution in [1.29, 1.82) is 0 Å². The lowest BCUT2D eigenvalue weighted by molar-refractivity contribution is -0.389. The van der Waals surface area contributed by atoms with E-state index in [1.807, 2.05) is 0 Å². The van der Waals surface area contributed by atoms with Gasteiger partial charge >= 0.3 is 0 Å². The highest BCUT2D eigenvalue weighted by Crippen LogP contribution is 2.46. The molecule has 16 nitrogen and oxygen atoms in total. The first-order chi connectivity index (χ1) is 17.6. The van der Waals surface area contributed by atoms with Crippen molar-refractivity contribution in [2.45, 2.75) is 118 Å². The summed E-state index contributed by atoms with van der Waals surface area (Å²) in [5, 5.41) is 83.2. The fourth-order valence-corrected chi connectivity index (χ4v) is 5.26. The normalized spacial score (nSPS) is 54.2. The molecule has 3 saturated heterocycles. The smallest absolute Gasteiger partial charge is 0.177 e. The van der Waals surface area contributed by atoms with E-state index in [0.29, 0.717) is 0 Å². The van der Waals surface area contributed by atoms with Gasteiger partial charge in [-0.3, -0.25) is 0 Å². The molecule has 0 aromatic carbocycles. The van der Waals surface area contributed by atoms with Crippen molar-refractivity contribution in [2.75, 3.05) is 19.8 Å². The second-order valence-corrected chi connectivity index (χ2v) is 10.5. The fraction of sp³-hybridized carbons (Fsp3) is 1.00. The molecule has 3 aliphatic rings. The molecule has 3 rings (SSSR count). The minimum Gasteiger partial charge on any atom is -0.394 e. The molecular formula is C22H43N3O13. The van der Waals surface area contributed by atoms with Gasteiger partial charge in [-0.2, -0.15) is 0 Å². The zero-order chi connectivity index (χ0) is 28.8. The molecule has 16 heteroatoms. The van der Waals surface area contributed by atoms with Crippen molar-refractivity contribution in [3.8, 4) is 0 Å². The third-order valence-corrected chi connectivity index (χ3v) is 8.39. The van der Waals surface area contributed by atoms with Crippen molar-refractivity contribution in [3.05, 3.63) is 0 Å². The average Bonchev–Trinajstić information content (AvgIpc) is 2.88. The maximum absolute atomic E-state index is 11.1. The molecule has 3 fully saturated rings. The Morgan fingerprint density at radius 1 is 0.789 bits per heavy atom. The Morgan fingerprint density at radius 2 is 1.29 bits per heavy atom. The van der Waals surface area contributed by atoms with E-state index in [4.69, 9.17) is 40.9 Å². The summed E-state index contributed by atoms with van der Waals surface area (Å²) in [6.07, 6.45) is -12.8. The Labute approximate surface area is 219 Å². The van der Waals surface area contributed by atoms with E-state index in [-0.39, 0.29) is 6.42 Å². The van der Waals surface area contributed by atoms with Gasteiger partial charge in [0.05, 0.1) is 37.9 Å². The minimum absolute atomic E-state index is 0.0520. The molecule has 0 radical (unpaired) electrons. The van der Waals surface area contributed by atoms with E-state index in [1.54, 1.807) is 6.92 Å². The van der Waals surface area contributed by atoms with Gasteiger partial charge in [0.15, 0.2) is 18.9 Å². The Balaban J connectivity index is 1.81. The Bertz CT molecular complexity index is 784. The molecule has 3 aliphatic heterocycles. The third-order valence-electron chi connectivity index (χ3n) is 8.39. The predicted octanol–water partition coefficient (Wildman–Crippen LogP) is -6.11. The lowest BCUT2D eigenvalue weighted by Crippen LogP contribution is -2.80. The summed E-state index contributed by atoms with van der Waals surface area (Å²) in [5.74, 6) is 0. The van der Waals surface area contributed by atoms with Gasteiger partial charge in [-0.15, -0.1) is 0 Å². The third kappa shape index (κ3) is 5.11. The van der Waals surface area contributed by atoms with Crippen LogP contribution in [0.1, 0.15) is 27.2 Å². The molecule has 14 N–H and O–H groups in total. The maximum Gasteiger partial charge on any atom is 0.177 e. The van der Waals surface area contributed by atoms with Gasteiger partial charge < -0.3 is 81.7 Å². The molecule has 2 unspecified atom stereocenters. The summed E-state index contributed by atoms with van der Waals surface area (Å²) < 4.78 is 28.4. The van der Waals surface area contributed by atoms with Crippen LogP contribution < -0.4 is 17.2 Å². The summed E-state index contributed by atoms with van der Waals surface area (Å²) >= 11 is 0. The molecule has 0 aliphatic carbocycles. The first-order valence-electron chi connectivity index (χ1n) is 12.5. The highest BCUT2D eigenvalue weighted by Gasteiger charge is 2.66. The first kappa shape index (κ1) is 31.9. The first-order valence-corrected chi connectivity index (χ1v) is 12.5. The molecule has 3 heterocycles. The lowest BCUT2D eigenvalue weighted by atomic mass is 9.66. The summed E-state index contributed by atoms with van der Waals surface area (Å²) in [6.45, 7) is 2.10. The SMILES string of the molecule is CC[C@]1(CO)O[C@H](OC2[C@@H](CO)O[C@@H](OC3[C@@H](CO)O[C@@H](O)[C@H](N)[C@H]3O)[C@H](N)[C@H]2O)[C@H](N)[C@@](C)(O)[C@@]1(C)O. The van der Waals surface area contributed by atoms with Crippen LogP contribution in [0.5, 0.6) is 0 Å². The van der Waals surface area contributed by atoms with Crippen LogP contribution in [-0.2, 0) is 23.7 Å². The molecule has 0 amide bonds. The van der Waals surface area contributed by atoms with Crippen LogP contribution in [0.3, 0.4) is 0 Å². The summed E-state index contributed by atoms with van der Waals surface area (Å²) in [5.41, 5.74) is 12.3. The molecule has 0 bridgehead atoms. The Kier molecular flexibility index (Phi) is 9.81. The van der Waals surface area contributed by atoms with Crippen LogP contribution >= 0.6 is 0 Å². The van der Waals surface area contributed by atoms with Crippen molar-refractivity contribution in [2.24, 2.45) is 17.2 Å². The number of aliphatic hydroxyl groups excluding tert-OH is 6. The van der Waals surface area contributed by atoms with E-state index in [2.05, 4.69) is 0 Å². The number of hydrogen-bond donors (Lipinski definition) is 11. The minimum atomic E-state index is -2.03. The van der Waals surface area contributed by atoms with Crippen LogP contribution in [0.25, 0.3) is 0 Å². The number of nitrogens with two attached hydrogens (primary N) is 3. The molecule has 38 heavy (non-hydrogen) atoms. The molecule has 0 saturated carbocycles. The molecule has 15 atom stereocenters. The van der Waals surface area contributed by atoms with Crippen LogP contribution in [-0.4, -0.2) is 151 Å². The van der Waals surface area contributed by atoms with E-state index < -0.39 is 110 Å². The van der Waals surface area contributed by atoms with Crippen molar-refractivity contribution >= 4 is 0 Å². The van der Waals surface area contributed by atoms with Crippen molar-refractivity contribution < 1.29 is 64.5 Å². The van der Waals surface area contributed by atoms with Gasteiger partial charge in [-0.05, 0) is 20.3 Å². The van der Waals surface area contributed by atoms with Crippen LogP contribution in [0.2, 0.25) is 0 Å². The second kappa shape index (κ2) is 11.7. The topological polar surface area (TPSA) is 286 Å². The maximum atomic E-state index is 11.1. The highest BCUT2D eigenvalue weighted by molar-refractivity contribution is 5.16. The van der Waals surface area contributed by atoms with Gasteiger partial charge in [0, 0.05) is 0 Å². The monoisotopic (exact) mass is 557 g/mol. The van der Waals surface area contributed by atoms with E-state index in [0.717, 1.165) is 0 Å². The van der Waals surface area contributed by atoms with Gasteiger partial charge in [0.1, 0.15) is 53.4 Å². The van der Waals surface area contributed by atoms with E-state index >= 15 is 0 Å². The zero-order valence-electron chi connectivity index (χ0n) is 21.6. The Hall–Kier alpha value is -0.640. The van der Waals surface area contributed by atoms with Crippen LogP contribution in [0.15, 0.2) is 0 Å². The highest BCUT2D eigenvalue weighted by atomic mass is 16.7. The number of hydrogen-bond acceptors (Lipinski definition) is 16. The molecular weight excluding hydrogens is 514 g/mol. The molecule has 224 valence electrons. The summed E-state index contributed by atoms with van der Waals surface area (Å²) in [4.78, 5) is 0. The number of aliphatic hydroxyl groups is 8. The van der Waals surface area contributed by atoms with Gasteiger partial charge in [0.25, 0.3) is 0 Å². The number of rotatable bonds is 8. The van der Waals surface area contributed by atoms with E-state index in [9.17, 15) is 40.9 Å². The number of ether oxygens (including phenoxy) is 5. The summed E-state index contributed by atoms with van der Waals surface area (Å²) in [7, 11) is 0. The quantitative estimate of drug-likeness (QED) is 0.132. The fourth-order valence-electron chi connectivity index (χ4n) is 5.26. The van der Waals surface area contributed by atoms with Gasteiger partial charge in [-0.1, -0.05) is 6.92 Å². The summed E-state index contributed by atoms with van der Waals surface area (Å²) in [6, 6.07) is -4.01. The Morgan fingerprint density at radius 3 is 1.79 bits per heavy atom. The molecule has 0 spiro atoms. The van der Waals surface area contributed by atoms with Crippen molar-refractivity contribution in [1.82, 2.24) is 0 Å². The second-order valence-electron chi connectivity index (χ2n) is 10.5. The van der Waals surface area contributed by atoms with Gasteiger partial charge in [0.2, 0.25) is 0 Å². The van der Waals surface area contributed by atoms with Crippen LogP contribution in [0.4, 0.5) is 0 Å². The lowest BCUT2D eigenvalue weighted by Gasteiger charge is -2.59. The van der Waals surface area contributed by atoms with E-state index in [1.165, 1.54) is 13.8 Å². The van der Waals surface area contributed by atoms with Crippen molar-refractivity contribution in [3.63, 3.8) is 0 Å². The largest absolute Gasteiger partial charge is 0.394 e.